The zero-order valence-corrected chi connectivity index (χ0v) is 63.2. The smallest absolute Gasteiger partial charge is 0.286 e. The molecular formula is C87H92F2N18O3. The fraction of sp³-hybridized carbons (Fsp3) is 0.345. The third-order valence-electron chi connectivity index (χ3n) is 23.0. The lowest BCUT2D eigenvalue weighted by molar-refractivity contribution is 0.0127. The first-order valence-corrected chi connectivity index (χ1v) is 38.8. The number of pyridine rings is 3. The summed E-state index contributed by atoms with van der Waals surface area (Å²) >= 11 is 0. The number of alkyl halides is 2. The van der Waals surface area contributed by atoms with Crippen molar-refractivity contribution in [2.45, 2.75) is 160 Å². The molecule has 6 aliphatic heterocycles. The molecule has 23 heteroatoms. The zero-order chi connectivity index (χ0) is 75.6. The first kappa shape index (κ1) is 71.2. The number of hydrogen-bond donors (Lipinski definition) is 3. The maximum Gasteiger partial charge on any atom is 0.286 e. The Hall–Kier alpha value is -11.8. The molecule has 3 aliphatic carbocycles. The normalized spacial score (nSPS) is 20.1. The van der Waals surface area contributed by atoms with Gasteiger partial charge in [-0.3, -0.25) is 44.0 Å². The number of amides is 3. The number of benzene rings is 4. The summed E-state index contributed by atoms with van der Waals surface area (Å²) < 4.78 is 33.6. The number of carbonyl (C=O) groups is 3. The molecule has 562 valence electrons. The van der Waals surface area contributed by atoms with Crippen LogP contribution < -0.4 is 30.7 Å². The highest BCUT2D eigenvalue weighted by Gasteiger charge is 2.51. The molecule has 0 radical (unpaired) electrons. The molecule has 6 aromatic heterocycles. The zero-order valence-electron chi connectivity index (χ0n) is 63.2. The van der Waals surface area contributed by atoms with E-state index in [4.69, 9.17) is 15.0 Å². The van der Waals surface area contributed by atoms with Gasteiger partial charge < -0.3 is 44.4 Å². The highest BCUT2D eigenvalue weighted by atomic mass is 19.3. The van der Waals surface area contributed by atoms with E-state index in [0.717, 1.165) is 160 Å². The molecule has 110 heavy (non-hydrogen) atoms. The van der Waals surface area contributed by atoms with E-state index in [1.165, 1.54) is 44.4 Å². The van der Waals surface area contributed by atoms with Crippen LogP contribution >= 0.6 is 0 Å². The second-order valence-corrected chi connectivity index (χ2v) is 30.9. The number of anilines is 8. The van der Waals surface area contributed by atoms with Crippen LogP contribution in [-0.2, 0) is 25.6 Å². The summed E-state index contributed by atoms with van der Waals surface area (Å²) in [5.74, 6) is 2.08. The molecule has 21 nitrogen and oxygen atoms in total. The molecule has 3 saturated carbocycles. The second kappa shape index (κ2) is 29.3. The van der Waals surface area contributed by atoms with Crippen molar-refractivity contribution in [2.75, 3.05) is 58.3 Å². The fourth-order valence-electron chi connectivity index (χ4n) is 17.2. The number of guanidine groups is 3. The van der Waals surface area contributed by atoms with Crippen LogP contribution in [0.2, 0.25) is 0 Å². The maximum absolute atomic E-state index is 13.8. The van der Waals surface area contributed by atoms with E-state index in [-0.39, 0.29) is 41.5 Å². The van der Waals surface area contributed by atoms with Crippen molar-refractivity contribution < 1.29 is 23.2 Å². The quantitative estimate of drug-likeness (QED) is 0.0829. The van der Waals surface area contributed by atoms with E-state index in [9.17, 15) is 23.2 Å². The maximum atomic E-state index is 13.8. The molecule has 0 saturated heterocycles. The van der Waals surface area contributed by atoms with Crippen molar-refractivity contribution in [1.29, 1.82) is 0 Å². The number of aromatic nitrogens is 6. The molecule has 0 spiro atoms. The van der Waals surface area contributed by atoms with Crippen LogP contribution in [0, 0.1) is 12.8 Å². The molecule has 12 heterocycles. The van der Waals surface area contributed by atoms with Gasteiger partial charge in [-0.05, 0) is 129 Å². The van der Waals surface area contributed by atoms with Crippen LogP contribution in [0.1, 0.15) is 151 Å². The van der Waals surface area contributed by atoms with Gasteiger partial charge >= 0.3 is 0 Å². The van der Waals surface area contributed by atoms with Gasteiger partial charge in [0.25, 0.3) is 23.6 Å². The van der Waals surface area contributed by atoms with Crippen LogP contribution in [-0.4, -0.2) is 143 Å². The van der Waals surface area contributed by atoms with Crippen LogP contribution in [0.5, 0.6) is 0 Å². The number of nitrogens with one attached hydrogen (secondary N) is 3. The van der Waals surface area contributed by atoms with E-state index >= 15 is 0 Å². The monoisotopic (exact) mass is 1470 g/mol. The van der Waals surface area contributed by atoms with Crippen molar-refractivity contribution in [2.24, 2.45) is 20.9 Å². The number of fused-ring (bicyclic) bond motifs is 13. The van der Waals surface area contributed by atoms with E-state index in [2.05, 4.69) is 135 Å². The Bertz CT molecular complexity index is 5200. The fourth-order valence-corrected chi connectivity index (χ4v) is 17.2. The molecule has 4 aromatic carbocycles. The van der Waals surface area contributed by atoms with Gasteiger partial charge in [0.1, 0.15) is 34.3 Å². The van der Waals surface area contributed by atoms with Gasteiger partial charge in [0.2, 0.25) is 17.9 Å². The van der Waals surface area contributed by atoms with Crippen molar-refractivity contribution in [3.63, 3.8) is 0 Å². The van der Waals surface area contributed by atoms with Gasteiger partial charge in [-0.15, -0.1) is 0 Å². The summed E-state index contributed by atoms with van der Waals surface area (Å²) in [6.07, 6.45) is 21.8. The molecule has 9 aliphatic rings. The molecule has 5 atom stereocenters. The summed E-state index contributed by atoms with van der Waals surface area (Å²) in [6.45, 7) is 9.57. The predicted octanol–water partition coefficient (Wildman–Crippen LogP) is 16.4. The Morgan fingerprint density at radius 2 is 1.05 bits per heavy atom. The third-order valence-corrected chi connectivity index (χ3v) is 23.0. The van der Waals surface area contributed by atoms with Crippen LogP contribution in [0.4, 0.5) is 54.7 Å². The Kier molecular flexibility index (Phi) is 19.0. The topological polar surface area (TPSA) is 197 Å². The number of hydrogen-bond acceptors (Lipinski definition) is 15. The van der Waals surface area contributed by atoms with Gasteiger partial charge in [0.05, 0.1) is 70.8 Å². The standard InChI is InChI=1S/2C31H30N6O.C25H32F2N6O/c1-20-8-6-11-25(32-20)22-16-14-21(15-17-22)18-36-19-24-28(29(36)33-23-9-4-3-5-10-23)37-27-13-7-12-26(27)34-31(37)35(2)30(24)38;1-35-30(38)28-27(37-26-13-6-5-12-25(26)34-31(35)37)20-36(29(28)33-23-9-3-2-4-10-23)19-21-14-16-22(17-15-21)24-11-7-8-18-32-24;1-15(2)18-13-33-19-14-32(12-16-9-10-20(28-11-16)25(3,26)27)22(29-17-7-5-6-8-17)21(19)23(34)31(4)24(33)30-18/h3-6,8-11,14-17,19,26-27,33H,7,12-13,18H2,1-2H3;2-4,7-11,14-18,20,25-26,33H,5-6,12-13,19H2,1H3;9-11,14-15,17-18,29H,5-8,12-13H2,1-4H3/t26-,27+;;18-/m1.0/s1. The number of rotatable bonds is 16. The minimum absolute atomic E-state index is 0.00861. The van der Waals surface area contributed by atoms with Crippen molar-refractivity contribution >= 4 is 81.5 Å². The molecule has 3 amide bonds. The minimum atomic E-state index is -2.98. The molecule has 19 rings (SSSR count). The lowest BCUT2D eigenvalue weighted by atomic mass is 9.90. The van der Waals surface area contributed by atoms with Gasteiger partial charge in [-0.1, -0.05) is 143 Å². The van der Waals surface area contributed by atoms with Crippen molar-refractivity contribution in [3.05, 3.63) is 233 Å². The number of halogens is 2. The largest absolute Gasteiger partial charge is 0.368 e. The van der Waals surface area contributed by atoms with Gasteiger partial charge in [-0.25, -0.2) is 15.0 Å². The average molecular weight is 1480 g/mol. The number of aryl methyl sites for hydroxylation is 1. The van der Waals surface area contributed by atoms with Gasteiger partial charge in [-0.2, -0.15) is 8.78 Å². The molecule has 0 bridgehead atoms. The SMILES string of the molecule is CC(C)[C@@H]1CN2C(=N1)N(C)C(=O)c1c2cn(Cc2ccc(C(C)(F)F)nc2)c1NC1CCCC1.CN1C(=O)c2c(cn(Cc3ccc(-c4ccccn4)cc3)c2Nc2ccccc2)N2C1=NC1CCCCC12.Cc1cccc(-c2ccc(Cn3cc4c(c3Nc3ccccc3)N3C(=N[C@@H]5CCC[C@@H]53)N(C)C4=O)cc2)n1. The lowest BCUT2D eigenvalue weighted by Gasteiger charge is -2.37. The first-order chi connectivity index (χ1) is 53.4. The molecule has 2 unspecified atom stereocenters. The summed E-state index contributed by atoms with van der Waals surface area (Å²) in [6, 6.07) is 53.9. The summed E-state index contributed by atoms with van der Waals surface area (Å²) in [7, 11) is 5.48. The molecule has 3 N–H and O–H groups in total. The Morgan fingerprint density at radius 1 is 0.509 bits per heavy atom. The second-order valence-electron chi connectivity index (χ2n) is 30.9. The van der Waals surface area contributed by atoms with E-state index in [0.29, 0.717) is 60.8 Å². The number of aliphatic imine (C=N–C) groups is 3. The van der Waals surface area contributed by atoms with Crippen LogP contribution in [0.15, 0.2) is 204 Å². The number of nitrogens with zero attached hydrogens (tertiary/aromatic N) is 15. The summed E-state index contributed by atoms with van der Waals surface area (Å²) in [5, 5.41) is 10.9. The molecule has 3 fully saturated rings. The third kappa shape index (κ3) is 13.5. The Labute approximate surface area is 640 Å². The van der Waals surface area contributed by atoms with Crippen molar-refractivity contribution in [3.8, 4) is 22.5 Å². The van der Waals surface area contributed by atoms with Crippen molar-refractivity contribution in [1.82, 2.24) is 43.4 Å². The molecule has 10 aromatic rings. The Morgan fingerprint density at radius 3 is 1.68 bits per heavy atom. The predicted molar refractivity (Wildman–Crippen MR) is 431 cm³/mol. The van der Waals surface area contributed by atoms with E-state index in [1.54, 1.807) is 27.8 Å². The summed E-state index contributed by atoms with van der Waals surface area (Å²) in [5.41, 5.74) is 14.8. The number of para-hydroxylation sites is 2. The minimum Gasteiger partial charge on any atom is -0.368 e. The van der Waals surface area contributed by atoms with E-state index < -0.39 is 5.92 Å². The average Bonchev–Trinajstić information content (AvgIpc) is 1.57. The summed E-state index contributed by atoms with van der Waals surface area (Å²) in [4.78, 5) is 80.7. The first-order valence-electron chi connectivity index (χ1n) is 38.8. The van der Waals surface area contributed by atoms with Crippen LogP contribution in [0.25, 0.3) is 22.5 Å². The highest BCUT2D eigenvalue weighted by molar-refractivity contribution is 6.24. The highest BCUT2D eigenvalue weighted by Crippen LogP contribution is 2.48. The van der Waals surface area contributed by atoms with Gasteiger partial charge in [0.15, 0.2) is 0 Å². The molecular weight excluding hydrogens is 1380 g/mol. The Balaban J connectivity index is 0.000000121. The lowest BCUT2D eigenvalue weighted by Crippen LogP contribution is -2.52. The number of carbonyl (C=O) groups excluding carboxylic acids is 3. The van der Waals surface area contributed by atoms with Crippen LogP contribution in [0.3, 0.4) is 0 Å². The van der Waals surface area contributed by atoms with Gasteiger partial charge in [0, 0.05) is 113 Å². The van der Waals surface area contributed by atoms with E-state index in [1.807, 2.05) is 129 Å².